The fourth-order valence-corrected chi connectivity index (χ4v) is 3.24. The van der Waals surface area contributed by atoms with Crippen LogP contribution in [-0.4, -0.2) is 46.6 Å². The Morgan fingerprint density at radius 3 is 2.65 bits per heavy atom. The molecule has 1 N–H and O–H groups in total. The molecule has 0 aromatic heterocycles. The lowest BCUT2D eigenvalue weighted by atomic mass is 10.1. The zero-order valence-electron chi connectivity index (χ0n) is 12.6. The lowest BCUT2D eigenvalue weighted by Gasteiger charge is -2.18. The largest absolute Gasteiger partial charge is 0.383 e. The molecule has 0 fully saturated rings. The Labute approximate surface area is 122 Å². The third-order valence-corrected chi connectivity index (χ3v) is 5.13. The Morgan fingerprint density at radius 1 is 1.35 bits per heavy atom. The van der Waals surface area contributed by atoms with Crippen molar-refractivity contribution in [3.63, 3.8) is 0 Å². The van der Waals surface area contributed by atoms with Crippen molar-refractivity contribution in [2.45, 2.75) is 25.3 Å². The molecule has 0 saturated carbocycles. The van der Waals surface area contributed by atoms with E-state index in [0.717, 1.165) is 17.7 Å². The third-order valence-electron chi connectivity index (χ3n) is 3.13. The topological polar surface area (TPSA) is 58.6 Å². The first kappa shape index (κ1) is 17.1. The smallest absolute Gasteiger partial charge is 0.243 e. The zero-order valence-corrected chi connectivity index (χ0v) is 13.5. The lowest BCUT2D eigenvalue weighted by Crippen LogP contribution is -2.30. The van der Waals surface area contributed by atoms with Gasteiger partial charge in [0.1, 0.15) is 0 Å². The molecule has 0 atom stereocenters. The summed E-state index contributed by atoms with van der Waals surface area (Å²) in [4.78, 5) is 0.367. The molecule has 0 aliphatic carbocycles. The summed E-state index contributed by atoms with van der Waals surface area (Å²) in [5.41, 5.74) is 1.73. The van der Waals surface area contributed by atoms with Crippen LogP contribution in [0.2, 0.25) is 0 Å². The first-order valence-corrected chi connectivity index (χ1v) is 8.13. The van der Waals surface area contributed by atoms with Gasteiger partial charge in [0.25, 0.3) is 0 Å². The first-order chi connectivity index (χ1) is 9.43. The fourth-order valence-electron chi connectivity index (χ4n) is 1.81. The summed E-state index contributed by atoms with van der Waals surface area (Å²) in [6, 6.07) is 5.55. The number of aryl methyl sites for hydroxylation is 1. The monoisotopic (exact) mass is 300 g/mol. The molecule has 1 aromatic rings. The van der Waals surface area contributed by atoms with Gasteiger partial charge >= 0.3 is 0 Å². The van der Waals surface area contributed by atoms with Crippen molar-refractivity contribution in [1.82, 2.24) is 9.62 Å². The van der Waals surface area contributed by atoms with Crippen LogP contribution in [0.15, 0.2) is 23.1 Å². The van der Waals surface area contributed by atoms with Crippen molar-refractivity contribution >= 4 is 10.0 Å². The Hall–Kier alpha value is -0.950. The van der Waals surface area contributed by atoms with Gasteiger partial charge in [0.2, 0.25) is 10.0 Å². The van der Waals surface area contributed by atoms with Gasteiger partial charge in [-0.1, -0.05) is 19.1 Å². The molecule has 0 bridgehead atoms. The molecule has 1 rings (SSSR count). The normalized spacial score (nSPS) is 12.1. The number of methoxy groups -OCH3 is 1. The number of hydrogen-bond donors (Lipinski definition) is 1. The zero-order chi connectivity index (χ0) is 15.2. The minimum Gasteiger partial charge on any atom is -0.383 e. The van der Waals surface area contributed by atoms with Gasteiger partial charge in [-0.15, -0.1) is 0 Å². The van der Waals surface area contributed by atoms with Gasteiger partial charge in [0, 0.05) is 27.2 Å². The van der Waals surface area contributed by atoms with E-state index >= 15 is 0 Å². The summed E-state index contributed by atoms with van der Waals surface area (Å²) in [6.45, 7) is 6.07. The van der Waals surface area contributed by atoms with E-state index in [-0.39, 0.29) is 0 Å². The highest BCUT2D eigenvalue weighted by atomic mass is 32.2. The highest BCUT2D eigenvalue weighted by molar-refractivity contribution is 7.89. The Balaban J connectivity index is 3.03. The fraction of sp³-hybridized carbons (Fsp3) is 0.571. The van der Waals surface area contributed by atoms with Crippen molar-refractivity contribution in [2.75, 3.05) is 33.9 Å². The summed E-state index contributed by atoms with van der Waals surface area (Å²) >= 11 is 0. The van der Waals surface area contributed by atoms with E-state index in [0.29, 0.717) is 24.6 Å². The van der Waals surface area contributed by atoms with Crippen molar-refractivity contribution in [3.8, 4) is 0 Å². The number of rotatable bonds is 8. The van der Waals surface area contributed by atoms with Crippen LogP contribution >= 0.6 is 0 Å². The number of nitrogens with zero attached hydrogens (tertiary/aromatic N) is 1. The summed E-state index contributed by atoms with van der Waals surface area (Å²) in [5, 5.41) is 3.20. The highest BCUT2D eigenvalue weighted by Gasteiger charge is 2.22. The van der Waals surface area contributed by atoms with Gasteiger partial charge in [0.15, 0.2) is 0 Å². The van der Waals surface area contributed by atoms with Crippen LogP contribution in [0.4, 0.5) is 0 Å². The predicted molar refractivity (Wildman–Crippen MR) is 80.3 cm³/mol. The van der Waals surface area contributed by atoms with Crippen molar-refractivity contribution in [3.05, 3.63) is 29.3 Å². The molecule has 0 aliphatic rings. The average Bonchev–Trinajstić information content (AvgIpc) is 2.43. The average molecular weight is 300 g/mol. The maximum absolute atomic E-state index is 12.5. The molecule has 5 nitrogen and oxygen atoms in total. The van der Waals surface area contributed by atoms with E-state index in [9.17, 15) is 8.42 Å². The number of benzene rings is 1. The molecular formula is C14H24N2O3S. The Morgan fingerprint density at radius 2 is 2.05 bits per heavy atom. The van der Waals surface area contributed by atoms with Crippen LogP contribution in [0.5, 0.6) is 0 Å². The van der Waals surface area contributed by atoms with Crippen LogP contribution in [0, 0.1) is 6.92 Å². The van der Waals surface area contributed by atoms with Gasteiger partial charge in [-0.05, 0) is 30.7 Å². The Bertz CT molecular complexity index is 529. The molecule has 0 aliphatic heterocycles. The number of sulfonamides is 1. The molecule has 0 radical (unpaired) electrons. The molecule has 0 amide bonds. The third kappa shape index (κ3) is 4.28. The lowest BCUT2D eigenvalue weighted by molar-refractivity contribution is 0.185. The van der Waals surface area contributed by atoms with E-state index in [1.807, 2.05) is 26.0 Å². The van der Waals surface area contributed by atoms with Crippen LogP contribution in [0.25, 0.3) is 0 Å². The van der Waals surface area contributed by atoms with Crippen molar-refractivity contribution < 1.29 is 13.2 Å². The molecule has 0 saturated heterocycles. The molecule has 0 spiro atoms. The quantitative estimate of drug-likeness (QED) is 0.788. The van der Waals surface area contributed by atoms with Crippen LogP contribution < -0.4 is 5.32 Å². The molecule has 114 valence electrons. The van der Waals surface area contributed by atoms with E-state index in [4.69, 9.17) is 4.74 Å². The minimum atomic E-state index is -3.46. The summed E-state index contributed by atoms with van der Waals surface area (Å²) in [7, 11) is -0.331. The number of likely N-dealkylation sites (N-methyl/N-ethyl adjacent to an activating group) is 1. The van der Waals surface area contributed by atoms with E-state index in [2.05, 4.69) is 5.32 Å². The van der Waals surface area contributed by atoms with E-state index in [1.165, 1.54) is 4.31 Å². The second kappa shape index (κ2) is 7.73. The Kier molecular flexibility index (Phi) is 6.61. The molecule has 20 heavy (non-hydrogen) atoms. The highest BCUT2D eigenvalue weighted by Crippen LogP contribution is 2.20. The minimum absolute atomic E-state index is 0.343. The molecule has 0 heterocycles. The maximum atomic E-state index is 12.5. The van der Waals surface area contributed by atoms with E-state index in [1.54, 1.807) is 20.2 Å². The van der Waals surface area contributed by atoms with Gasteiger partial charge < -0.3 is 10.1 Å². The second-order valence-corrected chi connectivity index (χ2v) is 6.71. The van der Waals surface area contributed by atoms with Crippen molar-refractivity contribution in [2.24, 2.45) is 0 Å². The van der Waals surface area contributed by atoms with Gasteiger partial charge in [-0.25, -0.2) is 8.42 Å². The summed E-state index contributed by atoms with van der Waals surface area (Å²) in [6.07, 6.45) is 0. The molecular weight excluding hydrogens is 276 g/mol. The number of hydrogen-bond acceptors (Lipinski definition) is 4. The van der Waals surface area contributed by atoms with Crippen LogP contribution in [0.3, 0.4) is 0 Å². The van der Waals surface area contributed by atoms with Gasteiger partial charge in [-0.2, -0.15) is 4.31 Å². The SMILES string of the molecule is CCNCc1ccc(C)c(S(=O)(=O)N(C)CCOC)c1. The molecule has 6 heteroatoms. The summed E-state index contributed by atoms with van der Waals surface area (Å²) in [5.74, 6) is 0. The number of ether oxygens (including phenoxy) is 1. The van der Waals surface area contributed by atoms with Crippen molar-refractivity contribution in [1.29, 1.82) is 0 Å². The van der Waals surface area contributed by atoms with Crippen LogP contribution in [-0.2, 0) is 21.3 Å². The number of nitrogens with one attached hydrogen (secondary N) is 1. The predicted octanol–water partition coefficient (Wildman–Crippen LogP) is 1.37. The van der Waals surface area contributed by atoms with Gasteiger partial charge in [-0.3, -0.25) is 0 Å². The molecule has 0 unspecified atom stereocenters. The van der Waals surface area contributed by atoms with Gasteiger partial charge in [0.05, 0.1) is 11.5 Å². The summed E-state index contributed by atoms with van der Waals surface area (Å²) < 4.78 is 31.3. The second-order valence-electron chi connectivity index (χ2n) is 4.70. The maximum Gasteiger partial charge on any atom is 0.243 e. The first-order valence-electron chi connectivity index (χ1n) is 6.69. The standard InChI is InChI=1S/C14H24N2O3S/c1-5-15-11-13-7-6-12(2)14(10-13)20(17,18)16(3)8-9-19-4/h6-7,10,15H,5,8-9,11H2,1-4H3. The van der Waals surface area contributed by atoms with E-state index < -0.39 is 10.0 Å². The van der Waals surface area contributed by atoms with Crippen LogP contribution in [0.1, 0.15) is 18.1 Å². The molecule has 1 aromatic carbocycles.